The third-order valence-electron chi connectivity index (χ3n) is 14.4. The highest BCUT2D eigenvalue weighted by Crippen LogP contribution is 2.88. The fraction of sp³-hybridized carbons (Fsp3) is 0.914. The Hall–Kier alpha value is -1.27. The molecule has 1 amide bonds. The van der Waals surface area contributed by atoms with Crippen molar-refractivity contribution in [3.63, 3.8) is 0 Å². The lowest BCUT2D eigenvalue weighted by Gasteiger charge is -2.63. The highest BCUT2D eigenvalue weighted by molar-refractivity contribution is 5.93. The van der Waals surface area contributed by atoms with Crippen LogP contribution in [-0.2, 0) is 14.4 Å². The second-order valence-electron chi connectivity index (χ2n) is 17.5. The van der Waals surface area contributed by atoms with Gasteiger partial charge in [-0.05, 0) is 100 Å². The zero-order valence-electron chi connectivity index (χ0n) is 27.9. The molecule has 2 spiro atoms. The van der Waals surface area contributed by atoms with Gasteiger partial charge in [0, 0.05) is 46.6 Å². The molecule has 5 saturated carbocycles. The summed E-state index contributed by atoms with van der Waals surface area (Å²) in [5.74, 6) is 1.64. The maximum atomic E-state index is 14.8. The normalized spacial score (nSPS) is 47.8. The van der Waals surface area contributed by atoms with Gasteiger partial charge >= 0.3 is 0 Å². The Bertz CT molecular complexity index is 1130. The lowest BCUT2D eigenvalue weighted by Crippen LogP contribution is -2.64. The Balaban J connectivity index is 1.56. The summed E-state index contributed by atoms with van der Waals surface area (Å²) in [4.78, 5) is 44.0. The van der Waals surface area contributed by atoms with E-state index in [2.05, 4.69) is 72.8 Å². The Labute approximate surface area is 249 Å². The number of nitrogens with two attached hydrogens (primary N) is 1. The minimum atomic E-state index is -0.406. The average Bonchev–Trinajstić information content (AvgIpc) is 3.51. The van der Waals surface area contributed by atoms with Gasteiger partial charge in [-0.15, -0.1) is 0 Å². The summed E-state index contributed by atoms with van der Waals surface area (Å²) in [5.41, 5.74) is 5.37. The summed E-state index contributed by atoms with van der Waals surface area (Å²) >= 11 is 0. The molecule has 0 bridgehead atoms. The third-order valence-corrected chi connectivity index (χ3v) is 14.4. The van der Waals surface area contributed by atoms with Crippen molar-refractivity contribution in [3.8, 4) is 0 Å². The van der Waals surface area contributed by atoms with E-state index in [1.807, 2.05) is 13.8 Å². The molecule has 0 aliphatic heterocycles. The van der Waals surface area contributed by atoms with Gasteiger partial charge in [-0.25, -0.2) is 0 Å². The molecule has 0 aromatic heterocycles. The van der Waals surface area contributed by atoms with E-state index < -0.39 is 5.41 Å². The molecule has 0 unspecified atom stereocenters. The van der Waals surface area contributed by atoms with Gasteiger partial charge < -0.3 is 16.0 Å². The summed E-state index contributed by atoms with van der Waals surface area (Å²) < 4.78 is 0. The van der Waals surface area contributed by atoms with E-state index in [9.17, 15) is 14.4 Å². The summed E-state index contributed by atoms with van der Waals surface area (Å²) in [6, 6.07) is 0.266. The molecule has 6 heteroatoms. The smallest absolute Gasteiger partial charge is 0.222 e. The molecule has 5 aliphatic carbocycles. The Morgan fingerprint density at radius 1 is 1.02 bits per heavy atom. The zero-order chi connectivity index (χ0) is 30.7. The van der Waals surface area contributed by atoms with Gasteiger partial charge in [-0.3, -0.25) is 14.4 Å². The topological polar surface area (TPSA) is 92.5 Å². The van der Waals surface area contributed by atoms with Gasteiger partial charge in [0.2, 0.25) is 5.91 Å². The molecule has 5 fully saturated rings. The molecule has 5 rings (SSSR count). The Morgan fingerprint density at radius 2 is 1.63 bits per heavy atom. The van der Waals surface area contributed by atoms with Crippen molar-refractivity contribution >= 4 is 17.5 Å². The number of Topliss-reactive ketones (excluding diaryl/α,β-unsaturated/α-hetero) is 2. The molecule has 0 heterocycles. The SMILES string of the molecule is CC(C)C(=O)N[C@H]1CC[C@]23C[C@]24C(=O)C[C@]2(C)[C@@H]([C@H](C)N(C)C)[C@H](C(=O)C(C)(C)C)C[C@@]2(C)[C@@H]4CC[C@H]3[C@]1(C)CN. The number of nitrogens with one attached hydrogen (secondary N) is 1. The second-order valence-corrected chi connectivity index (χ2v) is 17.5. The first-order chi connectivity index (χ1) is 18.8. The van der Waals surface area contributed by atoms with Crippen LogP contribution >= 0.6 is 0 Å². The van der Waals surface area contributed by atoms with Crippen LogP contribution in [0.5, 0.6) is 0 Å². The first-order valence-corrected chi connectivity index (χ1v) is 16.5. The number of carbonyl (C=O) groups is 3. The average molecular weight is 570 g/mol. The van der Waals surface area contributed by atoms with E-state index in [-0.39, 0.29) is 62.8 Å². The van der Waals surface area contributed by atoms with Crippen molar-refractivity contribution in [2.45, 2.75) is 119 Å². The van der Waals surface area contributed by atoms with Crippen molar-refractivity contribution in [2.75, 3.05) is 20.6 Å². The molecule has 0 radical (unpaired) electrons. The van der Waals surface area contributed by atoms with Crippen LogP contribution in [0.1, 0.15) is 107 Å². The number of nitrogens with zero attached hydrogens (tertiary/aromatic N) is 1. The molecule has 0 aromatic rings. The van der Waals surface area contributed by atoms with E-state index in [1.165, 1.54) is 0 Å². The maximum Gasteiger partial charge on any atom is 0.222 e. The second kappa shape index (κ2) is 9.36. The number of carbonyl (C=O) groups excluding carboxylic acids is 3. The molecule has 0 saturated heterocycles. The molecule has 41 heavy (non-hydrogen) atoms. The van der Waals surface area contributed by atoms with Gasteiger partial charge in [0.25, 0.3) is 0 Å². The van der Waals surface area contributed by atoms with Crippen molar-refractivity contribution < 1.29 is 14.4 Å². The number of fused-ring (bicyclic) bond motifs is 2. The van der Waals surface area contributed by atoms with Crippen molar-refractivity contribution in [3.05, 3.63) is 0 Å². The quantitative estimate of drug-likeness (QED) is 0.442. The third kappa shape index (κ3) is 3.83. The number of amides is 1. The number of ketones is 2. The first kappa shape index (κ1) is 31.2. The van der Waals surface area contributed by atoms with E-state index in [1.54, 1.807) is 0 Å². The molecule has 6 nitrogen and oxygen atoms in total. The molecule has 11 atom stereocenters. The lowest BCUT2D eigenvalue weighted by atomic mass is 9.41. The van der Waals surface area contributed by atoms with Crippen LogP contribution in [0.25, 0.3) is 0 Å². The zero-order valence-corrected chi connectivity index (χ0v) is 27.9. The fourth-order valence-electron chi connectivity index (χ4n) is 11.9. The van der Waals surface area contributed by atoms with Crippen molar-refractivity contribution in [1.29, 1.82) is 0 Å². The molecule has 5 aliphatic rings. The summed E-state index contributed by atoms with van der Waals surface area (Å²) in [6.07, 6.45) is 6.41. The van der Waals surface area contributed by atoms with Gasteiger partial charge in [0.05, 0.1) is 0 Å². The van der Waals surface area contributed by atoms with Crippen LogP contribution in [-0.4, -0.2) is 55.1 Å². The van der Waals surface area contributed by atoms with Gasteiger partial charge in [-0.1, -0.05) is 55.4 Å². The fourth-order valence-corrected chi connectivity index (χ4v) is 11.9. The standard InChI is InChI=1S/C35H59N3O3/c1-20(2)29(41)37-25-14-15-34-18-35(34)24(13-12-23(34)31(25,7)19-36)32(8)16-22(28(40)30(4,5)6)27(21(3)38(10)11)33(32,9)17-26(35)39/h20-25,27H,12-19,36H2,1-11H3,(H,37,41)/t21-,22+,23-,24-,25-,27-,31-,32-,33+,34+,35-/m0/s1. The summed E-state index contributed by atoms with van der Waals surface area (Å²) in [5, 5.41) is 3.38. The molecule has 0 aromatic carbocycles. The van der Waals surface area contributed by atoms with Crippen LogP contribution in [0.4, 0.5) is 0 Å². The number of hydrogen-bond acceptors (Lipinski definition) is 5. The predicted octanol–water partition coefficient (Wildman–Crippen LogP) is 5.48. The molecule has 3 N–H and O–H groups in total. The summed E-state index contributed by atoms with van der Waals surface area (Å²) in [7, 11) is 4.25. The van der Waals surface area contributed by atoms with Gasteiger partial charge in [-0.2, -0.15) is 0 Å². The number of rotatable bonds is 6. The Kier molecular flexibility index (Phi) is 7.12. The van der Waals surface area contributed by atoms with Crippen LogP contribution in [0.3, 0.4) is 0 Å². The van der Waals surface area contributed by atoms with Crippen molar-refractivity contribution in [2.24, 2.45) is 67.8 Å². The minimum absolute atomic E-state index is 0.0146. The Morgan fingerprint density at radius 3 is 2.17 bits per heavy atom. The first-order valence-electron chi connectivity index (χ1n) is 16.5. The van der Waals surface area contributed by atoms with Crippen LogP contribution in [0, 0.1) is 62.1 Å². The van der Waals surface area contributed by atoms with Gasteiger partial charge in [0.15, 0.2) is 0 Å². The number of hydrogen-bond donors (Lipinski definition) is 2. The van der Waals surface area contributed by atoms with Crippen LogP contribution < -0.4 is 11.1 Å². The molecule has 232 valence electrons. The van der Waals surface area contributed by atoms with E-state index in [0.717, 1.165) is 38.5 Å². The monoisotopic (exact) mass is 569 g/mol. The highest BCUT2D eigenvalue weighted by Gasteiger charge is 2.86. The predicted molar refractivity (Wildman–Crippen MR) is 164 cm³/mol. The van der Waals surface area contributed by atoms with E-state index >= 15 is 0 Å². The minimum Gasteiger partial charge on any atom is -0.353 e. The van der Waals surface area contributed by atoms with Crippen molar-refractivity contribution in [1.82, 2.24) is 10.2 Å². The maximum absolute atomic E-state index is 14.8. The van der Waals surface area contributed by atoms with Gasteiger partial charge in [0.1, 0.15) is 11.6 Å². The molecular formula is C35H59N3O3. The van der Waals surface area contributed by atoms with E-state index in [4.69, 9.17) is 5.73 Å². The largest absolute Gasteiger partial charge is 0.353 e. The summed E-state index contributed by atoms with van der Waals surface area (Å²) in [6.45, 7) is 20.0. The van der Waals surface area contributed by atoms with Crippen LogP contribution in [0.2, 0.25) is 0 Å². The lowest BCUT2D eigenvalue weighted by molar-refractivity contribution is -0.170. The van der Waals surface area contributed by atoms with E-state index in [0.29, 0.717) is 36.4 Å². The molecular weight excluding hydrogens is 510 g/mol. The van der Waals surface area contributed by atoms with Crippen LogP contribution in [0.15, 0.2) is 0 Å². The highest BCUT2D eigenvalue weighted by atomic mass is 16.2.